The second-order valence-corrected chi connectivity index (χ2v) is 4.86. The van der Waals surface area contributed by atoms with Crippen LogP contribution >= 0.6 is 0 Å². The van der Waals surface area contributed by atoms with Crippen LogP contribution in [0.1, 0.15) is 12.5 Å². The van der Waals surface area contributed by atoms with Gasteiger partial charge in [0.2, 0.25) is 0 Å². The minimum Gasteiger partial charge on any atom is -0.493 e. The van der Waals surface area contributed by atoms with Crippen molar-refractivity contribution in [2.24, 2.45) is 5.10 Å². The van der Waals surface area contributed by atoms with Crippen molar-refractivity contribution in [3.63, 3.8) is 0 Å². The van der Waals surface area contributed by atoms with Crippen molar-refractivity contribution >= 4 is 17.8 Å². The molecule has 0 aliphatic heterocycles. The van der Waals surface area contributed by atoms with Crippen LogP contribution in [0.25, 0.3) is 0 Å². The molecule has 24 heavy (non-hydrogen) atoms. The maximum Gasteiger partial charge on any atom is 0.259 e. The zero-order chi connectivity index (χ0) is 17.2. The molecule has 0 saturated carbocycles. The molecule has 2 rings (SSSR count). The first-order valence-electron chi connectivity index (χ1n) is 7.64. The fourth-order valence-corrected chi connectivity index (χ4v) is 2.00. The molecule has 126 valence electrons. The van der Waals surface area contributed by atoms with E-state index in [0.717, 1.165) is 11.3 Å². The maximum absolute atomic E-state index is 11.7. The molecular weight excluding hydrogens is 306 g/mol. The second kappa shape index (κ2) is 9.19. The molecule has 0 radical (unpaired) electrons. The number of rotatable bonds is 8. The molecule has 0 fully saturated rings. The van der Waals surface area contributed by atoms with Crippen molar-refractivity contribution in [1.29, 1.82) is 0 Å². The molecule has 0 saturated heterocycles. The maximum atomic E-state index is 11.7. The summed E-state index contributed by atoms with van der Waals surface area (Å²) in [6, 6.07) is 14.9. The molecule has 2 aromatic carbocycles. The number of hydrogen-bond acceptors (Lipinski definition) is 5. The number of hydrazone groups is 1. The highest BCUT2D eigenvalue weighted by Crippen LogP contribution is 2.27. The summed E-state index contributed by atoms with van der Waals surface area (Å²) in [5, 5.41) is 6.95. The van der Waals surface area contributed by atoms with Gasteiger partial charge in [-0.15, -0.1) is 0 Å². The van der Waals surface area contributed by atoms with Crippen molar-refractivity contribution in [3.8, 4) is 11.5 Å². The summed E-state index contributed by atoms with van der Waals surface area (Å²) in [6.07, 6.45) is 1.55. The summed E-state index contributed by atoms with van der Waals surface area (Å²) in [4.78, 5) is 11.7. The quantitative estimate of drug-likeness (QED) is 0.577. The zero-order valence-corrected chi connectivity index (χ0v) is 13.8. The fourth-order valence-electron chi connectivity index (χ4n) is 2.00. The molecule has 2 N–H and O–H groups in total. The molecule has 0 unspecified atom stereocenters. The Balaban J connectivity index is 1.85. The number of para-hydroxylation sites is 1. The normalized spacial score (nSPS) is 10.4. The van der Waals surface area contributed by atoms with Crippen LogP contribution in [0.2, 0.25) is 0 Å². The molecule has 0 aliphatic carbocycles. The van der Waals surface area contributed by atoms with Crippen molar-refractivity contribution in [3.05, 3.63) is 54.1 Å². The third-order valence-corrected chi connectivity index (χ3v) is 3.12. The van der Waals surface area contributed by atoms with Gasteiger partial charge in [0.1, 0.15) is 0 Å². The van der Waals surface area contributed by atoms with Gasteiger partial charge in [-0.05, 0) is 42.8 Å². The van der Waals surface area contributed by atoms with E-state index in [-0.39, 0.29) is 12.5 Å². The first kappa shape index (κ1) is 17.3. The number of amides is 1. The average molecular weight is 327 g/mol. The molecule has 0 bridgehead atoms. The predicted molar refractivity (Wildman–Crippen MR) is 94.8 cm³/mol. The topological polar surface area (TPSA) is 72.0 Å². The zero-order valence-electron chi connectivity index (χ0n) is 13.8. The lowest BCUT2D eigenvalue weighted by atomic mass is 10.2. The van der Waals surface area contributed by atoms with Crippen LogP contribution in [0.3, 0.4) is 0 Å². The van der Waals surface area contributed by atoms with Gasteiger partial charge in [0, 0.05) is 5.69 Å². The van der Waals surface area contributed by atoms with Crippen LogP contribution in [0.4, 0.5) is 5.69 Å². The van der Waals surface area contributed by atoms with Crippen LogP contribution in [0.5, 0.6) is 11.5 Å². The number of nitrogens with one attached hydrogen (secondary N) is 2. The number of methoxy groups -OCH3 is 1. The van der Waals surface area contributed by atoms with Crippen LogP contribution in [-0.2, 0) is 4.79 Å². The number of carbonyl (C=O) groups is 1. The summed E-state index contributed by atoms with van der Waals surface area (Å²) in [6.45, 7) is 2.62. The molecule has 0 spiro atoms. The lowest BCUT2D eigenvalue weighted by Crippen LogP contribution is -2.25. The van der Waals surface area contributed by atoms with E-state index >= 15 is 0 Å². The van der Waals surface area contributed by atoms with Crippen molar-refractivity contribution in [2.45, 2.75) is 6.92 Å². The standard InChI is InChI=1S/C18H21N3O3/c1-3-24-16-10-9-14(11-17(16)23-2)12-20-21-18(22)13-19-15-7-5-4-6-8-15/h4-12,19H,3,13H2,1-2H3,(H,21,22)/b20-12-. The Hall–Kier alpha value is -3.02. The minimum atomic E-state index is -0.229. The highest BCUT2D eigenvalue weighted by atomic mass is 16.5. The van der Waals surface area contributed by atoms with Gasteiger partial charge in [0.05, 0.1) is 26.5 Å². The largest absolute Gasteiger partial charge is 0.493 e. The van der Waals surface area contributed by atoms with Gasteiger partial charge in [-0.3, -0.25) is 4.79 Å². The lowest BCUT2D eigenvalue weighted by molar-refractivity contribution is -0.119. The first-order valence-corrected chi connectivity index (χ1v) is 7.64. The number of benzene rings is 2. The Labute approximate surface area is 141 Å². The SMILES string of the molecule is CCOc1ccc(/C=N\NC(=O)CNc2ccccc2)cc1OC. The molecule has 0 atom stereocenters. The Kier molecular flexibility index (Phi) is 6.64. The van der Waals surface area contributed by atoms with Crippen LogP contribution < -0.4 is 20.2 Å². The highest BCUT2D eigenvalue weighted by molar-refractivity contribution is 5.84. The van der Waals surface area contributed by atoms with Gasteiger partial charge in [-0.1, -0.05) is 18.2 Å². The molecule has 0 aromatic heterocycles. The van der Waals surface area contributed by atoms with Gasteiger partial charge in [-0.2, -0.15) is 5.10 Å². The summed E-state index contributed by atoms with van der Waals surface area (Å²) in [7, 11) is 1.58. The second-order valence-electron chi connectivity index (χ2n) is 4.86. The third kappa shape index (κ3) is 5.31. The number of anilines is 1. The molecular formula is C18H21N3O3. The van der Waals surface area contributed by atoms with E-state index in [1.807, 2.05) is 49.4 Å². The highest BCUT2D eigenvalue weighted by Gasteiger charge is 2.04. The van der Waals surface area contributed by atoms with Crippen molar-refractivity contribution < 1.29 is 14.3 Å². The van der Waals surface area contributed by atoms with Crippen molar-refractivity contribution in [2.75, 3.05) is 25.6 Å². The predicted octanol–water partition coefficient (Wildman–Crippen LogP) is 2.66. The van der Waals surface area contributed by atoms with Gasteiger partial charge in [-0.25, -0.2) is 5.43 Å². The van der Waals surface area contributed by atoms with E-state index in [2.05, 4.69) is 15.8 Å². The van der Waals surface area contributed by atoms with Crippen LogP contribution in [0.15, 0.2) is 53.6 Å². The van der Waals surface area contributed by atoms with E-state index in [1.54, 1.807) is 19.4 Å². The van der Waals surface area contributed by atoms with Gasteiger partial charge >= 0.3 is 0 Å². The fraction of sp³-hybridized carbons (Fsp3) is 0.222. The summed E-state index contributed by atoms with van der Waals surface area (Å²) < 4.78 is 10.7. The Morgan fingerprint density at radius 2 is 1.96 bits per heavy atom. The number of hydrogen-bond donors (Lipinski definition) is 2. The Morgan fingerprint density at radius 1 is 1.17 bits per heavy atom. The molecule has 6 heteroatoms. The number of ether oxygens (including phenoxy) is 2. The minimum absolute atomic E-state index is 0.147. The van der Waals surface area contributed by atoms with Gasteiger partial charge in [0.25, 0.3) is 5.91 Å². The number of carbonyl (C=O) groups excluding carboxylic acids is 1. The smallest absolute Gasteiger partial charge is 0.259 e. The van der Waals surface area contributed by atoms with Crippen LogP contribution in [0, 0.1) is 0 Å². The van der Waals surface area contributed by atoms with Gasteiger partial charge < -0.3 is 14.8 Å². The summed E-state index contributed by atoms with van der Waals surface area (Å²) >= 11 is 0. The molecule has 0 heterocycles. The van der Waals surface area contributed by atoms with Crippen LogP contribution in [-0.4, -0.2) is 32.4 Å². The third-order valence-electron chi connectivity index (χ3n) is 3.12. The molecule has 0 aliphatic rings. The lowest BCUT2D eigenvalue weighted by Gasteiger charge is -2.09. The van der Waals surface area contributed by atoms with E-state index in [4.69, 9.17) is 9.47 Å². The van der Waals surface area contributed by atoms with E-state index in [1.165, 1.54) is 0 Å². The average Bonchev–Trinajstić information content (AvgIpc) is 2.62. The Bertz CT molecular complexity index is 687. The summed E-state index contributed by atoms with van der Waals surface area (Å²) in [5.74, 6) is 1.07. The summed E-state index contributed by atoms with van der Waals surface area (Å²) in [5.41, 5.74) is 4.15. The molecule has 1 amide bonds. The first-order chi connectivity index (χ1) is 11.7. The van der Waals surface area contributed by atoms with E-state index in [0.29, 0.717) is 18.1 Å². The van der Waals surface area contributed by atoms with Gasteiger partial charge in [0.15, 0.2) is 11.5 Å². The van der Waals surface area contributed by atoms with E-state index in [9.17, 15) is 4.79 Å². The molecule has 2 aromatic rings. The van der Waals surface area contributed by atoms with E-state index < -0.39 is 0 Å². The molecule has 6 nitrogen and oxygen atoms in total. The van der Waals surface area contributed by atoms with Crippen molar-refractivity contribution in [1.82, 2.24) is 5.43 Å². The number of nitrogens with zero attached hydrogens (tertiary/aromatic N) is 1. The monoisotopic (exact) mass is 327 g/mol. The Morgan fingerprint density at radius 3 is 2.67 bits per heavy atom.